The van der Waals surface area contributed by atoms with Gasteiger partial charge in [-0.2, -0.15) is 0 Å². The van der Waals surface area contributed by atoms with Crippen LogP contribution in [0.5, 0.6) is 0 Å². The maximum absolute atomic E-state index is 11.8. The van der Waals surface area contributed by atoms with E-state index in [-0.39, 0.29) is 18.1 Å². The van der Waals surface area contributed by atoms with E-state index in [0.29, 0.717) is 19.5 Å². The summed E-state index contributed by atoms with van der Waals surface area (Å²) >= 11 is 0. The average molecular weight is 216 g/mol. The molecule has 0 saturated carbocycles. The van der Waals surface area contributed by atoms with Crippen molar-refractivity contribution < 1.29 is 9.53 Å². The maximum atomic E-state index is 11.8. The van der Waals surface area contributed by atoms with E-state index in [1.165, 1.54) is 0 Å². The monoisotopic (exact) mass is 216 g/mol. The van der Waals surface area contributed by atoms with Gasteiger partial charge >= 0.3 is 0 Å². The van der Waals surface area contributed by atoms with Crippen LogP contribution >= 0.6 is 0 Å². The van der Waals surface area contributed by atoms with Crippen LogP contribution in [0.3, 0.4) is 0 Å². The normalized spacial score (nSPS) is 12.9. The van der Waals surface area contributed by atoms with Crippen LogP contribution in [0.15, 0.2) is 0 Å². The van der Waals surface area contributed by atoms with E-state index < -0.39 is 0 Å². The van der Waals surface area contributed by atoms with Crippen molar-refractivity contribution in [1.82, 2.24) is 4.90 Å². The Morgan fingerprint density at radius 2 is 2.00 bits per heavy atom. The summed E-state index contributed by atoms with van der Waals surface area (Å²) in [6, 6.07) is 0.221. The lowest BCUT2D eigenvalue weighted by Crippen LogP contribution is -2.40. The highest BCUT2D eigenvalue weighted by atomic mass is 16.5. The first-order valence-corrected chi connectivity index (χ1v) is 5.55. The first-order chi connectivity index (χ1) is 7.02. The molecule has 0 aliphatic rings. The fourth-order valence-electron chi connectivity index (χ4n) is 1.40. The van der Waals surface area contributed by atoms with E-state index in [2.05, 4.69) is 0 Å². The minimum atomic E-state index is 0.140. The third kappa shape index (κ3) is 5.74. The second-order valence-corrected chi connectivity index (χ2v) is 4.05. The molecule has 0 radical (unpaired) electrons. The number of methoxy groups -OCH3 is 1. The van der Waals surface area contributed by atoms with Gasteiger partial charge in [-0.15, -0.1) is 0 Å². The number of carbonyl (C=O) groups excluding carboxylic acids is 1. The minimum absolute atomic E-state index is 0.140. The van der Waals surface area contributed by atoms with Crippen LogP contribution in [-0.4, -0.2) is 43.2 Å². The highest BCUT2D eigenvalue weighted by Crippen LogP contribution is 2.06. The van der Waals surface area contributed by atoms with E-state index in [1.807, 2.05) is 25.7 Å². The van der Waals surface area contributed by atoms with Gasteiger partial charge in [0.25, 0.3) is 0 Å². The van der Waals surface area contributed by atoms with Gasteiger partial charge in [0.2, 0.25) is 5.91 Å². The summed E-state index contributed by atoms with van der Waals surface area (Å²) in [5, 5.41) is 0. The third-order valence-corrected chi connectivity index (χ3v) is 2.48. The van der Waals surface area contributed by atoms with Gasteiger partial charge < -0.3 is 15.4 Å². The molecule has 0 fully saturated rings. The maximum Gasteiger partial charge on any atom is 0.222 e. The first-order valence-electron chi connectivity index (χ1n) is 5.55. The number of hydrogen-bond acceptors (Lipinski definition) is 3. The summed E-state index contributed by atoms with van der Waals surface area (Å²) in [6.07, 6.45) is 1.44. The van der Waals surface area contributed by atoms with Gasteiger partial charge in [-0.1, -0.05) is 0 Å². The van der Waals surface area contributed by atoms with E-state index in [0.717, 1.165) is 6.42 Å². The molecule has 0 aliphatic heterocycles. The summed E-state index contributed by atoms with van der Waals surface area (Å²) in [7, 11) is 1.66. The number of rotatable bonds is 7. The molecule has 0 aromatic rings. The van der Waals surface area contributed by atoms with Crippen molar-refractivity contribution in [3.05, 3.63) is 0 Å². The smallest absolute Gasteiger partial charge is 0.222 e. The van der Waals surface area contributed by atoms with Crippen molar-refractivity contribution in [2.24, 2.45) is 5.73 Å². The van der Waals surface area contributed by atoms with Crippen LogP contribution in [0.1, 0.15) is 33.6 Å². The zero-order valence-corrected chi connectivity index (χ0v) is 10.3. The van der Waals surface area contributed by atoms with Crippen molar-refractivity contribution in [3.8, 4) is 0 Å². The Hall–Kier alpha value is -0.610. The van der Waals surface area contributed by atoms with E-state index in [4.69, 9.17) is 10.5 Å². The Balaban J connectivity index is 4.03. The van der Waals surface area contributed by atoms with Crippen LogP contribution in [0, 0.1) is 0 Å². The summed E-state index contributed by atoms with van der Waals surface area (Å²) in [6.45, 7) is 7.14. The van der Waals surface area contributed by atoms with Gasteiger partial charge in [-0.3, -0.25) is 4.79 Å². The summed E-state index contributed by atoms with van der Waals surface area (Å²) in [5.74, 6) is 0.166. The average Bonchev–Trinajstić information content (AvgIpc) is 2.21. The molecular weight excluding hydrogens is 192 g/mol. The molecular formula is C11H24N2O2. The lowest BCUT2D eigenvalue weighted by molar-refractivity contribution is -0.133. The van der Waals surface area contributed by atoms with Crippen LogP contribution in [0.2, 0.25) is 0 Å². The van der Waals surface area contributed by atoms with Crippen molar-refractivity contribution in [3.63, 3.8) is 0 Å². The minimum Gasteiger partial charge on any atom is -0.382 e. The predicted octanol–water partition coefficient (Wildman–Crippen LogP) is 0.997. The van der Waals surface area contributed by atoms with Crippen LogP contribution in [-0.2, 0) is 9.53 Å². The van der Waals surface area contributed by atoms with E-state index >= 15 is 0 Å². The Labute approximate surface area is 92.8 Å². The van der Waals surface area contributed by atoms with Crippen molar-refractivity contribution in [2.45, 2.75) is 45.8 Å². The highest BCUT2D eigenvalue weighted by Gasteiger charge is 2.16. The molecule has 1 amide bonds. The SMILES string of the molecule is COC(C)CCC(=O)N(CCN)C(C)C. The number of hydrogen-bond donors (Lipinski definition) is 1. The Morgan fingerprint density at radius 3 is 2.40 bits per heavy atom. The zero-order valence-electron chi connectivity index (χ0n) is 10.3. The Morgan fingerprint density at radius 1 is 1.40 bits per heavy atom. The number of amides is 1. The van der Waals surface area contributed by atoms with Gasteiger partial charge in [0.1, 0.15) is 0 Å². The summed E-state index contributed by atoms with van der Waals surface area (Å²) < 4.78 is 5.11. The molecule has 0 rings (SSSR count). The molecule has 0 bridgehead atoms. The first kappa shape index (κ1) is 14.4. The second kappa shape index (κ2) is 7.65. The number of nitrogens with two attached hydrogens (primary N) is 1. The van der Waals surface area contributed by atoms with Gasteiger partial charge in [-0.25, -0.2) is 0 Å². The molecule has 0 aromatic carbocycles. The van der Waals surface area contributed by atoms with Crippen LogP contribution in [0.25, 0.3) is 0 Å². The van der Waals surface area contributed by atoms with Crippen molar-refractivity contribution in [2.75, 3.05) is 20.2 Å². The predicted molar refractivity (Wildman–Crippen MR) is 61.6 cm³/mol. The largest absolute Gasteiger partial charge is 0.382 e. The van der Waals surface area contributed by atoms with Gasteiger partial charge in [0.15, 0.2) is 0 Å². The summed E-state index contributed by atoms with van der Waals surface area (Å²) in [4.78, 5) is 13.6. The van der Waals surface area contributed by atoms with Gasteiger partial charge in [0.05, 0.1) is 6.10 Å². The molecule has 4 nitrogen and oxygen atoms in total. The van der Waals surface area contributed by atoms with Crippen molar-refractivity contribution >= 4 is 5.91 Å². The molecule has 0 saturated heterocycles. The Bertz CT molecular complexity index is 183. The Kier molecular flexibility index (Phi) is 7.34. The number of nitrogens with zero attached hydrogens (tertiary/aromatic N) is 1. The fraction of sp³-hybridized carbons (Fsp3) is 0.909. The number of carbonyl (C=O) groups is 1. The molecule has 2 N–H and O–H groups in total. The molecule has 0 heterocycles. The van der Waals surface area contributed by atoms with Gasteiger partial charge in [0, 0.05) is 32.7 Å². The molecule has 4 heteroatoms. The topological polar surface area (TPSA) is 55.6 Å². The molecule has 15 heavy (non-hydrogen) atoms. The molecule has 1 unspecified atom stereocenters. The molecule has 1 atom stereocenters. The van der Waals surface area contributed by atoms with Crippen LogP contribution in [0.4, 0.5) is 0 Å². The zero-order chi connectivity index (χ0) is 11.8. The molecule has 0 aliphatic carbocycles. The summed E-state index contributed by atoms with van der Waals surface area (Å²) in [5.41, 5.74) is 5.47. The number of ether oxygens (including phenoxy) is 1. The lowest BCUT2D eigenvalue weighted by atomic mass is 10.2. The van der Waals surface area contributed by atoms with Gasteiger partial charge in [-0.05, 0) is 27.2 Å². The van der Waals surface area contributed by atoms with Crippen LogP contribution < -0.4 is 5.73 Å². The molecule has 0 aromatic heterocycles. The quantitative estimate of drug-likeness (QED) is 0.690. The standard InChI is InChI=1S/C11H24N2O2/c1-9(2)13(8-7-12)11(14)6-5-10(3)15-4/h9-10H,5-8,12H2,1-4H3. The van der Waals surface area contributed by atoms with E-state index in [1.54, 1.807) is 7.11 Å². The molecule has 90 valence electrons. The van der Waals surface area contributed by atoms with E-state index in [9.17, 15) is 4.79 Å². The third-order valence-electron chi connectivity index (χ3n) is 2.48. The second-order valence-electron chi connectivity index (χ2n) is 4.05. The highest BCUT2D eigenvalue weighted by molar-refractivity contribution is 5.76. The van der Waals surface area contributed by atoms with Crippen molar-refractivity contribution in [1.29, 1.82) is 0 Å². The fourth-order valence-corrected chi connectivity index (χ4v) is 1.40. The lowest BCUT2D eigenvalue weighted by Gasteiger charge is -2.26. The molecule has 0 spiro atoms.